The Hall–Kier alpha value is -2.30. The summed E-state index contributed by atoms with van der Waals surface area (Å²) in [5.74, 6) is 0.396. The van der Waals surface area contributed by atoms with Gasteiger partial charge in [-0.05, 0) is 73.3 Å². The molecule has 1 saturated heterocycles. The van der Waals surface area contributed by atoms with Gasteiger partial charge in [0.15, 0.2) is 0 Å². The minimum atomic E-state index is -0.180. The molecule has 0 spiro atoms. The minimum absolute atomic E-state index is 0.180. The molecular weight excluding hydrogens is 463 g/mol. The van der Waals surface area contributed by atoms with E-state index in [9.17, 15) is 4.79 Å². The van der Waals surface area contributed by atoms with Gasteiger partial charge in [0.25, 0.3) is 5.56 Å². The summed E-state index contributed by atoms with van der Waals surface area (Å²) in [4.78, 5) is 13.2. The van der Waals surface area contributed by atoms with Crippen molar-refractivity contribution in [1.29, 1.82) is 0 Å². The predicted molar refractivity (Wildman–Crippen MR) is 135 cm³/mol. The number of pyridine rings is 1. The van der Waals surface area contributed by atoms with Crippen molar-refractivity contribution in [3.05, 3.63) is 97.7 Å². The highest BCUT2D eigenvalue weighted by Crippen LogP contribution is 2.39. The SMILES string of the molecule is O=c1ccc2c(-c3ccccc3Cl)cc(C3CCNCC3)cc2n1-c1c(Cl)cccc1Cl. The van der Waals surface area contributed by atoms with Crippen molar-refractivity contribution in [2.75, 3.05) is 13.1 Å². The van der Waals surface area contributed by atoms with E-state index in [-0.39, 0.29) is 5.56 Å². The largest absolute Gasteiger partial charge is 0.317 e. The molecule has 0 radical (unpaired) electrons. The molecule has 3 aromatic carbocycles. The Morgan fingerprint density at radius 3 is 2.19 bits per heavy atom. The average Bonchev–Trinajstić information content (AvgIpc) is 2.80. The summed E-state index contributed by atoms with van der Waals surface area (Å²) >= 11 is 19.7. The number of aromatic nitrogens is 1. The third kappa shape index (κ3) is 3.84. The molecule has 0 unspecified atom stereocenters. The van der Waals surface area contributed by atoms with Crippen LogP contribution in [0.15, 0.2) is 71.5 Å². The zero-order valence-corrected chi connectivity index (χ0v) is 19.5. The Balaban J connectivity index is 1.88. The summed E-state index contributed by atoms with van der Waals surface area (Å²) in [5.41, 5.74) is 4.22. The summed E-state index contributed by atoms with van der Waals surface area (Å²) in [5, 5.41) is 5.88. The fraction of sp³-hybridized carbons (Fsp3) is 0.192. The molecule has 32 heavy (non-hydrogen) atoms. The molecule has 6 heteroatoms. The Morgan fingerprint density at radius 2 is 1.47 bits per heavy atom. The summed E-state index contributed by atoms with van der Waals surface area (Å²) in [6, 6.07) is 20.8. The number of piperidine rings is 1. The molecule has 0 atom stereocenters. The van der Waals surface area contributed by atoms with Crippen LogP contribution < -0.4 is 10.9 Å². The molecule has 3 nitrogen and oxygen atoms in total. The van der Waals surface area contributed by atoms with Crippen LogP contribution in [0.4, 0.5) is 0 Å². The highest BCUT2D eigenvalue weighted by molar-refractivity contribution is 6.38. The number of hydrogen-bond donors (Lipinski definition) is 1. The maximum absolute atomic E-state index is 13.2. The Morgan fingerprint density at radius 1 is 0.781 bits per heavy atom. The van der Waals surface area contributed by atoms with Crippen LogP contribution in [0, 0.1) is 0 Å². The first kappa shape index (κ1) is 21.5. The van der Waals surface area contributed by atoms with Crippen molar-refractivity contribution in [3.63, 3.8) is 0 Å². The number of fused-ring (bicyclic) bond motifs is 1. The second kappa shape index (κ2) is 8.92. The van der Waals surface area contributed by atoms with Crippen LogP contribution in [0.5, 0.6) is 0 Å². The second-order valence-electron chi connectivity index (χ2n) is 8.08. The molecule has 0 saturated carbocycles. The molecule has 1 aliphatic rings. The van der Waals surface area contributed by atoms with Gasteiger partial charge in [-0.3, -0.25) is 9.36 Å². The Kier molecular flexibility index (Phi) is 6.00. The lowest BCUT2D eigenvalue weighted by molar-refractivity contribution is 0.460. The van der Waals surface area contributed by atoms with Gasteiger partial charge < -0.3 is 5.32 Å². The molecule has 2 heterocycles. The number of para-hydroxylation sites is 1. The molecule has 0 amide bonds. The lowest BCUT2D eigenvalue weighted by Gasteiger charge is -2.25. The quantitative estimate of drug-likeness (QED) is 0.338. The van der Waals surface area contributed by atoms with Gasteiger partial charge in [-0.1, -0.05) is 65.1 Å². The van der Waals surface area contributed by atoms with E-state index >= 15 is 0 Å². The lowest BCUT2D eigenvalue weighted by Crippen LogP contribution is -2.26. The van der Waals surface area contributed by atoms with E-state index in [1.165, 1.54) is 5.56 Å². The van der Waals surface area contributed by atoms with Gasteiger partial charge in [-0.2, -0.15) is 0 Å². The number of halogens is 3. The molecule has 162 valence electrons. The van der Waals surface area contributed by atoms with Crippen molar-refractivity contribution in [2.24, 2.45) is 0 Å². The minimum Gasteiger partial charge on any atom is -0.317 e. The molecule has 0 bridgehead atoms. The van der Waals surface area contributed by atoms with Gasteiger partial charge in [0.2, 0.25) is 0 Å². The van der Waals surface area contributed by atoms with E-state index in [1.807, 2.05) is 30.3 Å². The second-order valence-corrected chi connectivity index (χ2v) is 9.30. The van der Waals surface area contributed by atoms with Gasteiger partial charge >= 0.3 is 0 Å². The summed E-state index contributed by atoms with van der Waals surface area (Å²) in [6.07, 6.45) is 2.08. The predicted octanol–water partition coefficient (Wildman–Crippen LogP) is 7.08. The van der Waals surface area contributed by atoms with Crippen molar-refractivity contribution in [1.82, 2.24) is 9.88 Å². The highest BCUT2D eigenvalue weighted by Gasteiger charge is 2.21. The monoisotopic (exact) mass is 482 g/mol. The number of nitrogens with zero attached hydrogens (tertiary/aromatic N) is 1. The van der Waals surface area contributed by atoms with Crippen LogP contribution in [0.2, 0.25) is 15.1 Å². The normalized spacial score (nSPS) is 14.7. The first-order chi connectivity index (χ1) is 15.5. The fourth-order valence-electron chi connectivity index (χ4n) is 4.59. The summed E-state index contributed by atoms with van der Waals surface area (Å²) < 4.78 is 1.63. The van der Waals surface area contributed by atoms with Gasteiger partial charge in [-0.25, -0.2) is 0 Å². The van der Waals surface area contributed by atoms with Crippen molar-refractivity contribution in [2.45, 2.75) is 18.8 Å². The van der Waals surface area contributed by atoms with E-state index in [4.69, 9.17) is 34.8 Å². The number of benzene rings is 3. The summed E-state index contributed by atoms with van der Waals surface area (Å²) in [7, 11) is 0. The van der Waals surface area contributed by atoms with Crippen LogP contribution in [-0.2, 0) is 0 Å². The average molecular weight is 484 g/mol. The van der Waals surface area contributed by atoms with Crippen molar-refractivity contribution < 1.29 is 0 Å². The molecule has 5 rings (SSSR count). The van der Waals surface area contributed by atoms with Crippen molar-refractivity contribution >= 4 is 45.7 Å². The molecule has 1 aromatic heterocycles. The van der Waals surface area contributed by atoms with Gasteiger partial charge in [0, 0.05) is 22.0 Å². The van der Waals surface area contributed by atoms with E-state index in [2.05, 4.69) is 17.4 Å². The maximum atomic E-state index is 13.2. The van der Waals surface area contributed by atoms with Crippen molar-refractivity contribution in [3.8, 4) is 16.8 Å². The van der Waals surface area contributed by atoms with Crippen LogP contribution in [0.3, 0.4) is 0 Å². The topological polar surface area (TPSA) is 34.0 Å². The van der Waals surface area contributed by atoms with Crippen LogP contribution in [0.25, 0.3) is 27.7 Å². The molecule has 1 aliphatic heterocycles. The maximum Gasteiger partial charge on any atom is 0.255 e. The van der Waals surface area contributed by atoms with E-state index in [0.717, 1.165) is 48.0 Å². The van der Waals surface area contributed by atoms with Gasteiger partial charge in [-0.15, -0.1) is 0 Å². The zero-order valence-electron chi connectivity index (χ0n) is 17.2. The summed E-state index contributed by atoms with van der Waals surface area (Å²) in [6.45, 7) is 1.95. The van der Waals surface area contributed by atoms with Crippen LogP contribution >= 0.6 is 34.8 Å². The third-order valence-electron chi connectivity index (χ3n) is 6.17. The molecule has 1 N–H and O–H groups in total. The lowest BCUT2D eigenvalue weighted by atomic mass is 9.87. The van der Waals surface area contributed by atoms with E-state index < -0.39 is 0 Å². The molecule has 4 aromatic rings. The molecule has 0 aliphatic carbocycles. The Bertz CT molecular complexity index is 1350. The van der Waals surface area contributed by atoms with E-state index in [0.29, 0.717) is 26.7 Å². The Labute approximate surface area is 201 Å². The van der Waals surface area contributed by atoms with E-state index in [1.54, 1.807) is 28.8 Å². The zero-order chi connectivity index (χ0) is 22.2. The standard InChI is InChI=1S/C26H21Cl3N2O/c27-21-5-2-1-4-18(21)20-14-17(16-10-12-30-13-11-16)15-24-19(20)8-9-25(32)31(24)26-22(28)6-3-7-23(26)29/h1-9,14-16,30H,10-13H2. The third-order valence-corrected chi connectivity index (χ3v) is 7.11. The number of nitrogens with one attached hydrogen (secondary N) is 1. The first-order valence-electron chi connectivity index (χ1n) is 10.6. The molecular formula is C26H21Cl3N2O. The van der Waals surface area contributed by atoms with Crippen LogP contribution in [0.1, 0.15) is 24.3 Å². The number of hydrogen-bond acceptors (Lipinski definition) is 2. The van der Waals surface area contributed by atoms with Crippen LogP contribution in [-0.4, -0.2) is 17.7 Å². The van der Waals surface area contributed by atoms with Gasteiger partial charge in [0.1, 0.15) is 0 Å². The highest BCUT2D eigenvalue weighted by atomic mass is 35.5. The smallest absolute Gasteiger partial charge is 0.255 e. The first-order valence-corrected chi connectivity index (χ1v) is 11.8. The number of rotatable bonds is 3. The molecule has 1 fully saturated rings. The van der Waals surface area contributed by atoms with Gasteiger partial charge in [0.05, 0.1) is 21.2 Å². The fourth-order valence-corrected chi connectivity index (χ4v) is 5.40.